The van der Waals surface area contributed by atoms with E-state index in [2.05, 4.69) is 4.98 Å². The summed E-state index contributed by atoms with van der Waals surface area (Å²) in [6.45, 7) is 2.71. The molecule has 1 unspecified atom stereocenters. The van der Waals surface area contributed by atoms with Crippen molar-refractivity contribution >= 4 is 10.9 Å². The second-order valence-corrected chi connectivity index (χ2v) is 5.06. The zero-order chi connectivity index (χ0) is 13.5. The van der Waals surface area contributed by atoms with E-state index in [4.69, 9.17) is 4.74 Å². The molecule has 0 saturated heterocycles. The Hall–Kier alpha value is -1.39. The van der Waals surface area contributed by atoms with Crippen LogP contribution in [0.5, 0.6) is 0 Å². The topological polar surface area (TPSA) is 45.2 Å². The van der Waals surface area contributed by atoms with Crippen LogP contribution in [0.2, 0.25) is 0 Å². The maximum absolute atomic E-state index is 13.9. The molecule has 1 aliphatic heterocycles. The molecule has 19 heavy (non-hydrogen) atoms. The van der Waals surface area contributed by atoms with Crippen molar-refractivity contribution in [2.75, 3.05) is 13.2 Å². The van der Waals surface area contributed by atoms with Crippen LogP contribution < -0.4 is 0 Å². The number of aromatic nitrogens is 1. The molecular formula is C15H18FNO2. The average molecular weight is 263 g/mol. The van der Waals surface area contributed by atoms with Gasteiger partial charge >= 0.3 is 0 Å². The summed E-state index contributed by atoms with van der Waals surface area (Å²) in [6, 6.07) is 5.14. The van der Waals surface area contributed by atoms with Gasteiger partial charge in [0.2, 0.25) is 0 Å². The number of aliphatic hydroxyl groups excluding tert-OH is 1. The lowest BCUT2D eigenvalue weighted by molar-refractivity contribution is -0.0795. The maximum atomic E-state index is 13.9. The number of benzene rings is 1. The Morgan fingerprint density at radius 3 is 3.05 bits per heavy atom. The van der Waals surface area contributed by atoms with Crippen LogP contribution in [0, 0.1) is 5.82 Å². The van der Waals surface area contributed by atoms with E-state index in [-0.39, 0.29) is 12.4 Å². The zero-order valence-electron chi connectivity index (χ0n) is 11.0. The first-order valence-corrected chi connectivity index (χ1v) is 6.76. The van der Waals surface area contributed by atoms with E-state index in [0.29, 0.717) is 18.5 Å². The van der Waals surface area contributed by atoms with Crippen molar-refractivity contribution < 1.29 is 14.2 Å². The predicted octanol–water partition coefficient (Wildman–Crippen LogP) is 2.87. The fourth-order valence-electron chi connectivity index (χ4n) is 3.14. The van der Waals surface area contributed by atoms with Gasteiger partial charge in [0.25, 0.3) is 0 Å². The highest BCUT2D eigenvalue weighted by Gasteiger charge is 2.38. The molecule has 4 heteroatoms. The lowest BCUT2D eigenvalue weighted by Gasteiger charge is -2.36. The molecule has 3 nitrogen and oxygen atoms in total. The SMILES string of the molecule is CCC1(CCO)OCCc2c1[nH]c1c(F)cccc21. The molecule has 0 radical (unpaired) electrons. The van der Waals surface area contributed by atoms with E-state index < -0.39 is 5.60 Å². The van der Waals surface area contributed by atoms with Gasteiger partial charge in [-0.2, -0.15) is 0 Å². The van der Waals surface area contributed by atoms with Crippen LogP contribution in [0.3, 0.4) is 0 Å². The number of hydrogen-bond donors (Lipinski definition) is 2. The normalized spacial score (nSPS) is 22.7. The monoisotopic (exact) mass is 263 g/mol. The van der Waals surface area contributed by atoms with E-state index in [1.165, 1.54) is 6.07 Å². The number of ether oxygens (including phenoxy) is 1. The summed E-state index contributed by atoms with van der Waals surface area (Å²) in [7, 11) is 0. The van der Waals surface area contributed by atoms with Crippen molar-refractivity contribution in [1.29, 1.82) is 0 Å². The molecule has 0 aliphatic carbocycles. The number of fused-ring (bicyclic) bond motifs is 3. The molecular weight excluding hydrogens is 245 g/mol. The molecule has 0 fully saturated rings. The van der Waals surface area contributed by atoms with Gasteiger partial charge in [0.15, 0.2) is 0 Å². The standard InChI is InChI=1S/C15H18FNO2/c1-2-15(7-8-18)14-11(6-9-19-15)10-4-3-5-12(16)13(10)17-14/h3-5,17-18H,2,6-9H2,1H3. The molecule has 0 saturated carbocycles. The van der Waals surface area contributed by atoms with Crippen molar-refractivity contribution in [3.05, 3.63) is 35.3 Å². The molecule has 0 spiro atoms. The first kappa shape index (κ1) is 12.6. The number of para-hydroxylation sites is 1. The van der Waals surface area contributed by atoms with Crippen LogP contribution in [0.1, 0.15) is 31.0 Å². The van der Waals surface area contributed by atoms with Crippen LogP contribution >= 0.6 is 0 Å². The van der Waals surface area contributed by atoms with E-state index in [1.807, 2.05) is 13.0 Å². The molecule has 2 N–H and O–H groups in total. The van der Waals surface area contributed by atoms with Gasteiger partial charge in [-0.25, -0.2) is 4.39 Å². The number of nitrogens with one attached hydrogen (secondary N) is 1. The second-order valence-electron chi connectivity index (χ2n) is 5.06. The minimum absolute atomic E-state index is 0.0606. The van der Waals surface area contributed by atoms with Crippen LogP contribution in [0.25, 0.3) is 10.9 Å². The fourth-order valence-corrected chi connectivity index (χ4v) is 3.14. The summed E-state index contributed by atoms with van der Waals surface area (Å²) in [5, 5.41) is 10.2. The highest BCUT2D eigenvalue weighted by atomic mass is 19.1. The molecule has 1 aliphatic rings. The van der Waals surface area contributed by atoms with Crippen molar-refractivity contribution in [2.45, 2.75) is 31.8 Å². The van der Waals surface area contributed by atoms with E-state index in [9.17, 15) is 9.50 Å². The molecule has 2 aromatic rings. The summed E-state index contributed by atoms with van der Waals surface area (Å²) in [5.74, 6) is -0.235. The predicted molar refractivity (Wildman–Crippen MR) is 71.6 cm³/mol. The van der Waals surface area contributed by atoms with Gasteiger partial charge in [-0.3, -0.25) is 0 Å². The van der Waals surface area contributed by atoms with E-state index in [1.54, 1.807) is 6.07 Å². The smallest absolute Gasteiger partial charge is 0.147 e. The first-order chi connectivity index (χ1) is 9.22. The Bertz CT molecular complexity index is 607. The average Bonchev–Trinajstić information content (AvgIpc) is 2.81. The van der Waals surface area contributed by atoms with Gasteiger partial charge in [-0.15, -0.1) is 0 Å². The molecule has 1 aromatic heterocycles. The van der Waals surface area contributed by atoms with Crippen molar-refractivity contribution in [2.24, 2.45) is 0 Å². The molecule has 0 amide bonds. The molecule has 1 atom stereocenters. The fraction of sp³-hybridized carbons (Fsp3) is 0.467. The lowest BCUT2D eigenvalue weighted by atomic mass is 9.86. The number of aliphatic hydroxyl groups is 1. The number of hydrogen-bond acceptors (Lipinski definition) is 2. The van der Waals surface area contributed by atoms with Gasteiger partial charge in [0, 0.05) is 18.4 Å². The summed E-state index contributed by atoms with van der Waals surface area (Å²) >= 11 is 0. The van der Waals surface area contributed by atoms with Gasteiger partial charge in [-0.05, 0) is 24.5 Å². The highest BCUT2D eigenvalue weighted by Crippen LogP contribution is 2.41. The largest absolute Gasteiger partial charge is 0.396 e. The van der Waals surface area contributed by atoms with Crippen LogP contribution in [0.4, 0.5) is 4.39 Å². The van der Waals surface area contributed by atoms with E-state index in [0.717, 1.165) is 29.5 Å². The third-order valence-corrected chi connectivity index (χ3v) is 4.16. The third-order valence-electron chi connectivity index (χ3n) is 4.16. The first-order valence-electron chi connectivity index (χ1n) is 6.76. The Labute approximate surface area is 111 Å². The second kappa shape index (κ2) is 4.62. The number of halogens is 1. The van der Waals surface area contributed by atoms with Crippen LogP contribution in [-0.2, 0) is 16.8 Å². The maximum Gasteiger partial charge on any atom is 0.147 e. The van der Waals surface area contributed by atoms with Crippen LogP contribution in [-0.4, -0.2) is 23.3 Å². The lowest BCUT2D eigenvalue weighted by Crippen LogP contribution is -2.36. The van der Waals surface area contributed by atoms with Gasteiger partial charge in [0.1, 0.15) is 11.4 Å². The van der Waals surface area contributed by atoms with Gasteiger partial charge in [0.05, 0.1) is 17.8 Å². The van der Waals surface area contributed by atoms with Crippen molar-refractivity contribution in [3.63, 3.8) is 0 Å². The van der Waals surface area contributed by atoms with Crippen molar-refractivity contribution in [1.82, 2.24) is 4.98 Å². The molecule has 0 bridgehead atoms. The summed E-state index contributed by atoms with van der Waals surface area (Å²) in [5.41, 5.74) is 2.12. The Morgan fingerprint density at radius 2 is 2.32 bits per heavy atom. The molecule has 1 aromatic carbocycles. The molecule has 2 heterocycles. The summed E-state index contributed by atoms with van der Waals surface area (Å²) < 4.78 is 19.8. The zero-order valence-corrected chi connectivity index (χ0v) is 11.0. The third kappa shape index (κ3) is 1.78. The van der Waals surface area contributed by atoms with Crippen LogP contribution in [0.15, 0.2) is 18.2 Å². The quantitative estimate of drug-likeness (QED) is 0.894. The number of aromatic amines is 1. The van der Waals surface area contributed by atoms with Crippen molar-refractivity contribution in [3.8, 4) is 0 Å². The number of rotatable bonds is 3. The number of H-pyrrole nitrogens is 1. The van der Waals surface area contributed by atoms with E-state index >= 15 is 0 Å². The Balaban J connectivity index is 2.25. The van der Waals surface area contributed by atoms with Gasteiger partial charge < -0.3 is 14.8 Å². The molecule has 102 valence electrons. The summed E-state index contributed by atoms with van der Waals surface area (Å²) in [4.78, 5) is 3.20. The minimum Gasteiger partial charge on any atom is -0.396 e. The molecule has 3 rings (SSSR count). The minimum atomic E-state index is -0.506. The summed E-state index contributed by atoms with van der Waals surface area (Å²) in [6.07, 6.45) is 2.08. The Kier molecular flexibility index (Phi) is 3.07. The van der Waals surface area contributed by atoms with Gasteiger partial charge in [-0.1, -0.05) is 19.1 Å². The Morgan fingerprint density at radius 1 is 1.47 bits per heavy atom. The highest BCUT2D eigenvalue weighted by molar-refractivity contribution is 5.85.